The van der Waals surface area contributed by atoms with Crippen molar-refractivity contribution in [3.8, 4) is 0 Å². The predicted molar refractivity (Wildman–Crippen MR) is 63.3 cm³/mol. The molecule has 4 nitrogen and oxygen atoms in total. The molecule has 1 aliphatic carbocycles. The van der Waals surface area contributed by atoms with Gasteiger partial charge in [0.05, 0.1) is 5.69 Å². The van der Waals surface area contributed by atoms with E-state index in [0.717, 1.165) is 17.7 Å². The number of nitrogens with one attached hydrogen (secondary N) is 1. The molecule has 0 bridgehead atoms. The van der Waals surface area contributed by atoms with Gasteiger partial charge in [0.2, 0.25) is 11.8 Å². The zero-order valence-electron chi connectivity index (χ0n) is 10.3. The van der Waals surface area contributed by atoms with Crippen LogP contribution < -0.4 is 10.2 Å². The van der Waals surface area contributed by atoms with E-state index >= 15 is 0 Å². The maximum atomic E-state index is 13.7. The molecule has 1 aliphatic heterocycles. The lowest BCUT2D eigenvalue weighted by atomic mass is 10.1. The maximum Gasteiger partial charge on any atom is 0.250 e. The number of amides is 2. The van der Waals surface area contributed by atoms with Gasteiger partial charge in [0.15, 0.2) is 11.6 Å². The van der Waals surface area contributed by atoms with Gasteiger partial charge in [0.25, 0.3) is 0 Å². The second-order valence-electron chi connectivity index (χ2n) is 5.02. The second-order valence-corrected chi connectivity index (χ2v) is 5.02. The molecule has 3 rings (SSSR count). The predicted octanol–water partition coefficient (Wildman–Crippen LogP) is 1.35. The fourth-order valence-electron chi connectivity index (χ4n) is 2.34. The molecule has 1 saturated carbocycles. The summed E-state index contributed by atoms with van der Waals surface area (Å²) in [5.41, 5.74) is -0.408. The van der Waals surface area contributed by atoms with Gasteiger partial charge in [0, 0.05) is 12.1 Å². The van der Waals surface area contributed by atoms with Crippen LogP contribution in [-0.4, -0.2) is 24.4 Å². The molecule has 1 aromatic carbocycles. The molecule has 7 heteroatoms. The van der Waals surface area contributed by atoms with E-state index in [1.807, 2.05) is 0 Å². The summed E-state index contributed by atoms with van der Waals surface area (Å²) < 4.78 is 39.9. The van der Waals surface area contributed by atoms with Gasteiger partial charge in [-0.05, 0) is 18.8 Å². The molecule has 1 atom stereocenters. The lowest BCUT2D eigenvalue weighted by molar-refractivity contribution is -0.131. The van der Waals surface area contributed by atoms with Crippen molar-refractivity contribution < 1.29 is 22.8 Å². The number of hydrogen-bond donors (Lipinski definition) is 1. The highest BCUT2D eigenvalue weighted by Crippen LogP contribution is 2.35. The van der Waals surface area contributed by atoms with E-state index in [-0.39, 0.29) is 5.92 Å². The standard InChI is InChI=1S/C13H11F3N2O2/c14-7-3-9(16)10(4-8(7)15)18-5-11(19)17-12(13(18)20)6-1-2-6/h3-4,6,12H,1-2,5H2,(H,17,19). The van der Waals surface area contributed by atoms with Crippen LogP contribution >= 0.6 is 0 Å². The molecular weight excluding hydrogens is 273 g/mol. The molecular formula is C13H11F3N2O2. The van der Waals surface area contributed by atoms with Gasteiger partial charge in [-0.2, -0.15) is 0 Å². The number of piperazine rings is 1. The minimum Gasteiger partial charge on any atom is -0.342 e. The lowest BCUT2D eigenvalue weighted by Crippen LogP contribution is -2.59. The van der Waals surface area contributed by atoms with Gasteiger partial charge in [-0.3, -0.25) is 14.5 Å². The number of carbonyl (C=O) groups excluding carboxylic acids is 2. The third kappa shape index (κ3) is 2.13. The van der Waals surface area contributed by atoms with Crippen molar-refractivity contribution in [1.82, 2.24) is 5.32 Å². The van der Waals surface area contributed by atoms with E-state index in [4.69, 9.17) is 0 Å². The first-order valence-corrected chi connectivity index (χ1v) is 6.22. The van der Waals surface area contributed by atoms with Crippen LogP contribution in [0.1, 0.15) is 12.8 Å². The monoisotopic (exact) mass is 284 g/mol. The summed E-state index contributed by atoms with van der Waals surface area (Å²) in [6, 6.07) is 0.269. The van der Waals surface area contributed by atoms with Gasteiger partial charge in [-0.25, -0.2) is 13.2 Å². The highest BCUT2D eigenvalue weighted by atomic mass is 19.2. The third-order valence-electron chi connectivity index (χ3n) is 3.52. The van der Waals surface area contributed by atoms with Gasteiger partial charge in [-0.1, -0.05) is 0 Å². The second kappa shape index (κ2) is 4.50. The fourth-order valence-corrected chi connectivity index (χ4v) is 2.34. The lowest BCUT2D eigenvalue weighted by Gasteiger charge is -2.32. The normalized spacial score (nSPS) is 22.9. The first-order chi connectivity index (χ1) is 9.47. The van der Waals surface area contributed by atoms with Crippen molar-refractivity contribution in [1.29, 1.82) is 0 Å². The Morgan fingerprint density at radius 2 is 1.70 bits per heavy atom. The average molecular weight is 284 g/mol. The van der Waals surface area contributed by atoms with Crippen molar-refractivity contribution in [2.45, 2.75) is 18.9 Å². The van der Waals surface area contributed by atoms with Gasteiger partial charge < -0.3 is 5.32 Å². The van der Waals surface area contributed by atoms with E-state index < -0.39 is 47.5 Å². The van der Waals surface area contributed by atoms with Gasteiger partial charge in [0.1, 0.15) is 18.4 Å². The van der Waals surface area contributed by atoms with Crippen molar-refractivity contribution in [3.63, 3.8) is 0 Å². The summed E-state index contributed by atoms with van der Waals surface area (Å²) in [7, 11) is 0. The summed E-state index contributed by atoms with van der Waals surface area (Å²) in [6.45, 7) is -0.399. The molecule has 0 aromatic heterocycles. The summed E-state index contributed by atoms with van der Waals surface area (Å²) in [5, 5.41) is 2.55. The summed E-state index contributed by atoms with van der Waals surface area (Å²) >= 11 is 0. The van der Waals surface area contributed by atoms with E-state index in [1.54, 1.807) is 0 Å². The summed E-state index contributed by atoms with van der Waals surface area (Å²) in [6.07, 6.45) is 1.62. The Bertz CT molecular complexity index is 602. The maximum absolute atomic E-state index is 13.7. The number of anilines is 1. The Morgan fingerprint density at radius 3 is 2.35 bits per heavy atom. The van der Waals surface area contributed by atoms with Crippen LogP contribution in [0.2, 0.25) is 0 Å². The summed E-state index contributed by atoms with van der Waals surface area (Å²) in [4.78, 5) is 24.7. The number of carbonyl (C=O) groups is 2. The Kier molecular flexibility index (Phi) is 2.92. The quantitative estimate of drug-likeness (QED) is 0.833. The zero-order chi connectivity index (χ0) is 14.4. The molecule has 1 aromatic rings. The molecule has 106 valence electrons. The number of benzene rings is 1. The SMILES string of the molecule is O=C1CN(c2cc(F)c(F)cc2F)C(=O)C(C2CC2)N1. The molecule has 1 N–H and O–H groups in total. The van der Waals surface area contributed by atoms with Crippen molar-refractivity contribution in [2.75, 3.05) is 11.4 Å². The van der Waals surface area contributed by atoms with E-state index in [9.17, 15) is 22.8 Å². The molecule has 20 heavy (non-hydrogen) atoms. The topological polar surface area (TPSA) is 49.4 Å². The van der Waals surface area contributed by atoms with E-state index in [2.05, 4.69) is 5.32 Å². The largest absolute Gasteiger partial charge is 0.342 e. The van der Waals surface area contributed by atoms with Gasteiger partial charge >= 0.3 is 0 Å². The fraction of sp³-hybridized carbons (Fsp3) is 0.385. The number of halogens is 3. The first kappa shape index (κ1) is 13.0. The van der Waals surface area contributed by atoms with E-state index in [0.29, 0.717) is 12.1 Å². The highest BCUT2D eigenvalue weighted by molar-refractivity contribution is 6.06. The van der Waals surface area contributed by atoms with Crippen LogP contribution in [0.3, 0.4) is 0 Å². The van der Waals surface area contributed by atoms with Crippen LogP contribution in [0.5, 0.6) is 0 Å². The average Bonchev–Trinajstić information content (AvgIpc) is 3.21. The smallest absolute Gasteiger partial charge is 0.250 e. The first-order valence-electron chi connectivity index (χ1n) is 6.22. The minimum atomic E-state index is -1.33. The van der Waals surface area contributed by atoms with Gasteiger partial charge in [-0.15, -0.1) is 0 Å². The number of nitrogens with zero attached hydrogens (tertiary/aromatic N) is 1. The van der Waals surface area contributed by atoms with Crippen molar-refractivity contribution in [3.05, 3.63) is 29.6 Å². The molecule has 0 radical (unpaired) electrons. The molecule has 2 amide bonds. The van der Waals surface area contributed by atoms with Crippen LogP contribution in [0.15, 0.2) is 12.1 Å². The number of hydrogen-bond acceptors (Lipinski definition) is 2. The van der Waals surface area contributed by atoms with Crippen LogP contribution in [0.25, 0.3) is 0 Å². The molecule has 1 unspecified atom stereocenters. The molecule has 2 aliphatic rings. The Morgan fingerprint density at radius 1 is 1.05 bits per heavy atom. The molecule has 1 heterocycles. The third-order valence-corrected chi connectivity index (χ3v) is 3.52. The van der Waals surface area contributed by atoms with Crippen LogP contribution in [0, 0.1) is 23.4 Å². The van der Waals surface area contributed by atoms with Crippen LogP contribution in [0.4, 0.5) is 18.9 Å². The Balaban J connectivity index is 1.97. The Labute approximate surface area is 112 Å². The zero-order valence-corrected chi connectivity index (χ0v) is 10.3. The summed E-state index contributed by atoms with van der Waals surface area (Å²) in [5.74, 6) is -4.55. The minimum absolute atomic E-state index is 0.0441. The number of rotatable bonds is 2. The molecule has 1 saturated heterocycles. The van der Waals surface area contributed by atoms with Crippen LogP contribution in [-0.2, 0) is 9.59 Å². The highest BCUT2D eigenvalue weighted by Gasteiger charge is 2.43. The van der Waals surface area contributed by atoms with Crippen molar-refractivity contribution >= 4 is 17.5 Å². The Hall–Kier alpha value is -2.05. The van der Waals surface area contributed by atoms with E-state index in [1.165, 1.54) is 0 Å². The molecule has 0 spiro atoms. The molecule has 2 fully saturated rings. The van der Waals surface area contributed by atoms with Crippen molar-refractivity contribution in [2.24, 2.45) is 5.92 Å².